The zero-order valence-electron chi connectivity index (χ0n) is 18.7. The topological polar surface area (TPSA) is 171 Å². The number of primary sulfonamides is 1. The highest BCUT2D eigenvalue weighted by molar-refractivity contribution is 7.99. The Kier molecular flexibility index (Phi) is 7.21. The van der Waals surface area contributed by atoms with Crippen molar-refractivity contribution in [1.29, 1.82) is 0 Å². The van der Waals surface area contributed by atoms with Crippen LogP contribution < -0.4 is 19.9 Å². The molecule has 1 heterocycles. The maximum absolute atomic E-state index is 12.9. The zero-order valence-corrected chi connectivity index (χ0v) is 21.1. The number of benzene rings is 3. The number of nitrogens with one attached hydrogen (secondary N) is 2. The van der Waals surface area contributed by atoms with E-state index in [1.54, 1.807) is 24.3 Å². The normalized spacial score (nSPS) is 11.8. The minimum Gasteiger partial charge on any atom is -0.495 e. The van der Waals surface area contributed by atoms with E-state index in [0.29, 0.717) is 16.8 Å². The highest BCUT2D eigenvalue weighted by Crippen LogP contribution is 2.29. The average Bonchev–Trinajstić information content (AvgIpc) is 3.25. The molecule has 0 aliphatic heterocycles. The van der Waals surface area contributed by atoms with Crippen LogP contribution in [0.15, 0.2) is 86.2 Å². The van der Waals surface area contributed by atoms with Crippen LogP contribution in [0.3, 0.4) is 0 Å². The Morgan fingerprint density at radius 3 is 2.56 bits per heavy atom. The molecule has 0 aliphatic rings. The van der Waals surface area contributed by atoms with Crippen LogP contribution in [0, 0.1) is 0 Å². The van der Waals surface area contributed by atoms with Gasteiger partial charge in [-0.15, -0.1) is 0 Å². The molecule has 0 aliphatic carbocycles. The van der Waals surface area contributed by atoms with Crippen LogP contribution in [-0.2, 0) is 24.8 Å². The van der Waals surface area contributed by atoms with Gasteiger partial charge in [-0.2, -0.15) is 0 Å². The fourth-order valence-corrected chi connectivity index (χ4v) is 5.41. The molecule has 1 aromatic heterocycles. The van der Waals surface area contributed by atoms with Crippen molar-refractivity contribution in [2.75, 3.05) is 22.9 Å². The predicted octanol–water partition coefficient (Wildman–Crippen LogP) is 3.02. The number of hydrogen-bond acceptors (Lipinski definition) is 9. The molecule has 0 spiro atoms. The average molecular weight is 549 g/mol. The number of aromatic nitrogens is 1. The molecule has 36 heavy (non-hydrogen) atoms. The monoisotopic (exact) mass is 548 g/mol. The minimum atomic E-state index is -3.94. The number of nitrogens with two attached hydrogens (primary N) is 1. The Labute approximate surface area is 211 Å². The van der Waals surface area contributed by atoms with Gasteiger partial charge in [0, 0.05) is 5.69 Å². The number of ether oxygens (including phenoxy) is 1. The number of thioether (sulfide) groups is 1. The number of hydrogen-bond donors (Lipinski definition) is 3. The fraction of sp³-hybridized carbons (Fsp3) is 0.0909. The lowest BCUT2D eigenvalue weighted by atomic mass is 10.3. The summed E-state index contributed by atoms with van der Waals surface area (Å²) in [5.74, 6) is -0.150. The maximum atomic E-state index is 12.9. The smallest absolute Gasteiger partial charge is 0.262 e. The molecule has 0 saturated carbocycles. The third kappa shape index (κ3) is 5.96. The number of oxazole rings is 1. The van der Waals surface area contributed by atoms with E-state index in [2.05, 4.69) is 15.0 Å². The molecule has 0 fully saturated rings. The lowest BCUT2D eigenvalue weighted by molar-refractivity contribution is -0.113. The van der Waals surface area contributed by atoms with Crippen LogP contribution in [0.5, 0.6) is 5.75 Å². The number of anilines is 2. The van der Waals surface area contributed by atoms with Gasteiger partial charge in [0.1, 0.15) is 11.3 Å². The molecule has 0 bridgehead atoms. The molecule has 0 unspecified atom stereocenters. The van der Waals surface area contributed by atoms with Crippen molar-refractivity contribution in [2.45, 2.75) is 15.0 Å². The highest BCUT2D eigenvalue weighted by atomic mass is 32.2. The molecule has 4 N–H and O–H groups in total. The Morgan fingerprint density at radius 1 is 1.03 bits per heavy atom. The highest BCUT2D eigenvalue weighted by Gasteiger charge is 2.19. The lowest BCUT2D eigenvalue weighted by Gasteiger charge is -2.11. The molecular formula is C22H20N4O7S3. The molecule has 0 radical (unpaired) electrons. The van der Waals surface area contributed by atoms with E-state index in [9.17, 15) is 21.6 Å². The van der Waals surface area contributed by atoms with Crippen molar-refractivity contribution >= 4 is 60.2 Å². The van der Waals surface area contributed by atoms with E-state index in [-0.39, 0.29) is 32.1 Å². The van der Waals surface area contributed by atoms with Crippen molar-refractivity contribution in [3.05, 3.63) is 66.7 Å². The van der Waals surface area contributed by atoms with E-state index in [4.69, 9.17) is 14.3 Å². The molecule has 3 aromatic carbocycles. The molecule has 4 aromatic rings. The van der Waals surface area contributed by atoms with Crippen LogP contribution in [0.1, 0.15) is 0 Å². The number of carbonyl (C=O) groups excluding carboxylic acids is 1. The van der Waals surface area contributed by atoms with E-state index in [1.807, 2.05) is 0 Å². The summed E-state index contributed by atoms with van der Waals surface area (Å²) in [6, 6.07) is 16.4. The van der Waals surface area contributed by atoms with Crippen LogP contribution in [0.25, 0.3) is 11.1 Å². The number of sulfonamides is 2. The molecule has 14 heteroatoms. The largest absolute Gasteiger partial charge is 0.495 e. The van der Waals surface area contributed by atoms with Crippen molar-refractivity contribution < 1.29 is 30.8 Å². The van der Waals surface area contributed by atoms with Gasteiger partial charge >= 0.3 is 0 Å². The van der Waals surface area contributed by atoms with E-state index in [0.717, 1.165) is 11.8 Å². The summed E-state index contributed by atoms with van der Waals surface area (Å²) in [5.41, 5.74) is 1.19. The van der Waals surface area contributed by atoms with Gasteiger partial charge in [0.25, 0.3) is 15.2 Å². The quantitative estimate of drug-likeness (QED) is 0.266. The molecule has 4 rings (SSSR count). The first-order chi connectivity index (χ1) is 17.0. The second-order valence-corrected chi connectivity index (χ2v) is 11.5. The third-order valence-corrected chi connectivity index (χ3v) is 7.88. The zero-order chi connectivity index (χ0) is 25.9. The van der Waals surface area contributed by atoms with Crippen LogP contribution in [0.2, 0.25) is 0 Å². The van der Waals surface area contributed by atoms with Crippen LogP contribution in [-0.4, -0.2) is 40.6 Å². The Bertz CT molecular complexity index is 1650. The summed E-state index contributed by atoms with van der Waals surface area (Å²) in [6.45, 7) is 0. The van der Waals surface area contributed by atoms with Gasteiger partial charge in [-0.25, -0.2) is 27.0 Å². The molecule has 0 atom stereocenters. The molecule has 11 nitrogen and oxygen atoms in total. The third-order valence-electron chi connectivity index (χ3n) is 4.77. The van der Waals surface area contributed by atoms with Gasteiger partial charge in [0.15, 0.2) is 5.58 Å². The van der Waals surface area contributed by atoms with Crippen molar-refractivity contribution in [3.8, 4) is 5.75 Å². The molecule has 188 valence electrons. The second-order valence-electron chi connectivity index (χ2n) is 7.32. The summed E-state index contributed by atoms with van der Waals surface area (Å²) in [4.78, 5) is 16.4. The van der Waals surface area contributed by atoms with E-state index >= 15 is 0 Å². The Hall–Kier alpha value is -3.59. The first-order valence-corrected chi connectivity index (χ1v) is 14.2. The summed E-state index contributed by atoms with van der Waals surface area (Å²) in [6.07, 6.45) is 0. The predicted molar refractivity (Wildman–Crippen MR) is 135 cm³/mol. The Morgan fingerprint density at radius 2 is 1.81 bits per heavy atom. The maximum Gasteiger partial charge on any atom is 0.262 e. The molecule has 1 amide bonds. The van der Waals surface area contributed by atoms with Crippen LogP contribution >= 0.6 is 11.8 Å². The number of rotatable bonds is 9. The fourth-order valence-electron chi connectivity index (χ4n) is 3.12. The number of carbonyl (C=O) groups is 1. The van der Waals surface area contributed by atoms with Gasteiger partial charge in [0.2, 0.25) is 15.9 Å². The van der Waals surface area contributed by atoms with E-state index < -0.39 is 26.0 Å². The Balaban J connectivity index is 1.44. The summed E-state index contributed by atoms with van der Waals surface area (Å²) in [5, 5.41) is 7.84. The van der Waals surface area contributed by atoms with Crippen LogP contribution in [0.4, 0.5) is 11.4 Å². The number of methoxy groups -OCH3 is 1. The number of nitrogens with zero attached hydrogens (tertiary/aromatic N) is 1. The van der Waals surface area contributed by atoms with Gasteiger partial charge in [-0.05, 0) is 48.5 Å². The number of fused-ring (bicyclic) bond motifs is 1. The SMILES string of the molecule is COc1ccccc1NS(=O)(=O)c1ccc2oc(SCC(=O)Nc3cccc(S(N)(=O)=O)c3)nc2c1. The first-order valence-electron chi connectivity index (χ1n) is 10.2. The van der Waals surface area contributed by atoms with Crippen molar-refractivity contribution in [1.82, 2.24) is 4.98 Å². The first kappa shape index (κ1) is 25.5. The molecular weight excluding hydrogens is 528 g/mol. The summed E-state index contributed by atoms with van der Waals surface area (Å²) >= 11 is 0.990. The number of para-hydroxylation sites is 2. The van der Waals surface area contributed by atoms with Crippen molar-refractivity contribution in [3.63, 3.8) is 0 Å². The standard InChI is InChI=1S/C22H20N4O7S3/c1-32-19-8-3-2-7-17(19)26-36(30,31)16-9-10-20-18(12-16)25-22(33-20)34-13-21(27)24-14-5-4-6-15(11-14)35(23,28)29/h2-12,26H,13H2,1H3,(H,24,27)(H2,23,28,29). The lowest BCUT2D eigenvalue weighted by Crippen LogP contribution is -2.16. The van der Waals surface area contributed by atoms with Gasteiger partial charge in [-0.1, -0.05) is 30.0 Å². The van der Waals surface area contributed by atoms with Gasteiger partial charge in [0.05, 0.1) is 28.3 Å². The van der Waals surface area contributed by atoms with E-state index in [1.165, 1.54) is 49.6 Å². The second kappa shape index (κ2) is 10.2. The number of amides is 1. The van der Waals surface area contributed by atoms with Gasteiger partial charge in [-0.3, -0.25) is 9.52 Å². The summed E-state index contributed by atoms with van der Waals surface area (Å²) < 4.78 is 61.9. The minimum absolute atomic E-state index is 0.0294. The summed E-state index contributed by atoms with van der Waals surface area (Å²) in [7, 11) is -6.40. The van der Waals surface area contributed by atoms with Gasteiger partial charge < -0.3 is 14.5 Å². The van der Waals surface area contributed by atoms with Crippen molar-refractivity contribution in [2.24, 2.45) is 5.14 Å². The molecule has 0 saturated heterocycles.